The summed E-state index contributed by atoms with van der Waals surface area (Å²) < 4.78 is 23.9. The molecule has 0 unspecified atom stereocenters. The molecular weight excluding hydrogens is 410 g/mol. The van der Waals surface area contributed by atoms with Crippen LogP contribution in [0.5, 0.6) is 0 Å². The van der Waals surface area contributed by atoms with Crippen molar-refractivity contribution in [2.75, 3.05) is 26.4 Å². The van der Waals surface area contributed by atoms with Crippen molar-refractivity contribution in [2.24, 2.45) is 0 Å². The van der Waals surface area contributed by atoms with E-state index >= 15 is 0 Å². The summed E-state index contributed by atoms with van der Waals surface area (Å²) in [5.74, 6) is 0.164. The summed E-state index contributed by atoms with van der Waals surface area (Å²) in [6, 6.07) is 19.2. The molecule has 0 aromatic heterocycles. The lowest BCUT2D eigenvalue weighted by Gasteiger charge is -2.32. The number of likely N-dealkylation sites (tertiary alicyclic amines) is 1. The molecule has 1 saturated carbocycles. The summed E-state index contributed by atoms with van der Waals surface area (Å²) in [6.07, 6.45) is 4.56. The van der Waals surface area contributed by atoms with Crippen molar-refractivity contribution in [3.05, 3.63) is 71.3 Å². The van der Waals surface area contributed by atoms with E-state index in [0.29, 0.717) is 23.6 Å². The summed E-state index contributed by atoms with van der Waals surface area (Å²) in [7, 11) is -2.26. The van der Waals surface area contributed by atoms with Gasteiger partial charge in [-0.05, 0) is 55.6 Å². The van der Waals surface area contributed by atoms with Gasteiger partial charge < -0.3 is 5.32 Å². The second-order valence-corrected chi connectivity index (χ2v) is 10.8. The minimum atomic E-state index is -3.54. The molecule has 4 rings (SSSR count). The van der Waals surface area contributed by atoms with Crippen molar-refractivity contribution in [3.63, 3.8) is 0 Å². The van der Waals surface area contributed by atoms with E-state index in [1.807, 2.05) is 12.1 Å². The van der Waals surface area contributed by atoms with Crippen LogP contribution < -0.4 is 5.32 Å². The molecule has 2 aliphatic rings. The molecule has 1 aliphatic heterocycles. The number of carbonyl (C=O) groups excluding carboxylic acids is 1. The first-order valence-electron chi connectivity index (χ1n) is 10.9. The fourth-order valence-electron chi connectivity index (χ4n) is 4.35. The number of nitrogens with zero attached hydrogens (tertiary/aromatic N) is 2. The van der Waals surface area contributed by atoms with Crippen LogP contribution in [0.15, 0.2) is 54.6 Å². The minimum absolute atomic E-state index is 0.386. The first-order chi connectivity index (χ1) is 14.8. The summed E-state index contributed by atoms with van der Waals surface area (Å²) in [6.45, 7) is 2.95. The van der Waals surface area contributed by atoms with E-state index in [4.69, 9.17) is 0 Å². The first kappa shape index (κ1) is 22.0. The highest BCUT2D eigenvalue weighted by Gasteiger charge is 2.39. The summed E-state index contributed by atoms with van der Waals surface area (Å²) in [5.41, 5.74) is 2.97. The number of rotatable bonds is 7. The number of piperidine rings is 1. The molecule has 0 radical (unpaired) electrons. The molecule has 31 heavy (non-hydrogen) atoms. The molecule has 1 heterocycles. The number of hydrogen-bond acceptors (Lipinski definition) is 5. The number of sulfonamides is 1. The van der Waals surface area contributed by atoms with Gasteiger partial charge in [0.05, 0.1) is 6.26 Å². The molecule has 1 aliphatic carbocycles. The molecule has 1 amide bonds. The van der Waals surface area contributed by atoms with Gasteiger partial charge in [-0.3, -0.25) is 9.69 Å². The van der Waals surface area contributed by atoms with Gasteiger partial charge in [-0.15, -0.1) is 0 Å². The molecule has 6 nitrogen and oxygen atoms in total. The fourth-order valence-corrected chi connectivity index (χ4v) is 4.76. The third kappa shape index (κ3) is 5.53. The van der Waals surface area contributed by atoms with Crippen molar-refractivity contribution >= 4 is 15.9 Å². The van der Waals surface area contributed by atoms with Crippen LogP contribution >= 0.6 is 0 Å². The van der Waals surface area contributed by atoms with Gasteiger partial charge in [0.1, 0.15) is 0 Å². The lowest BCUT2D eigenvalue weighted by molar-refractivity contribution is 0.0883. The number of hydrogen-bond donors (Lipinski definition) is 1. The van der Waals surface area contributed by atoms with Gasteiger partial charge in [0, 0.05) is 37.2 Å². The van der Waals surface area contributed by atoms with E-state index in [-0.39, 0.29) is 0 Å². The molecule has 2 aromatic rings. The Morgan fingerprint density at radius 3 is 2.32 bits per heavy atom. The van der Waals surface area contributed by atoms with Crippen LogP contribution in [0.3, 0.4) is 0 Å². The summed E-state index contributed by atoms with van der Waals surface area (Å²) in [4.78, 5) is 14.7. The molecule has 1 saturated heterocycles. The van der Waals surface area contributed by atoms with Crippen LogP contribution in [0.25, 0.3) is 0 Å². The second-order valence-electron chi connectivity index (χ2n) is 8.81. The fraction of sp³-hybridized carbons (Fsp3) is 0.458. The van der Waals surface area contributed by atoms with E-state index in [1.165, 1.54) is 19.0 Å². The highest BCUT2D eigenvalue weighted by Crippen LogP contribution is 2.41. The van der Waals surface area contributed by atoms with Gasteiger partial charge >= 0.3 is 0 Å². The first-order valence-corrected chi connectivity index (χ1v) is 12.8. The lowest BCUT2D eigenvalue weighted by Crippen LogP contribution is -2.43. The molecule has 2 atom stereocenters. The van der Waals surface area contributed by atoms with Gasteiger partial charge in [-0.1, -0.05) is 42.5 Å². The van der Waals surface area contributed by atoms with Gasteiger partial charge in [-0.2, -0.15) is 0 Å². The van der Waals surface area contributed by atoms with E-state index in [1.54, 1.807) is 12.1 Å². The molecular formula is C24H31N3O3S. The predicted octanol–water partition coefficient (Wildman–Crippen LogP) is 2.83. The van der Waals surface area contributed by atoms with Crippen LogP contribution in [0.4, 0.5) is 0 Å². The van der Waals surface area contributed by atoms with Gasteiger partial charge in [0.25, 0.3) is 5.91 Å². The molecule has 0 bridgehead atoms. The smallest absolute Gasteiger partial charge is 0.267 e. The lowest BCUT2D eigenvalue weighted by atomic mass is 10.0. The normalized spacial score (nSPS) is 22.3. The largest absolute Gasteiger partial charge is 0.311 e. The van der Waals surface area contributed by atoms with E-state index in [2.05, 4.69) is 40.5 Å². The van der Waals surface area contributed by atoms with E-state index < -0.39 is 15.9 Å². The Morgan fingerprint density at radius 2 is 1.71 bits per heavy atom. The summed E-state index contributed by atoms with van der Waals surface area (Å²) >= 11 is 0. The number of amides is 1. The molecule has 1 N–H and O–H groups in total. The molecule has 2 fully saturated rings. The molecule has 2 aromatic carbocycles. The Kier molecular flexibility index (Phi) is 6.46. The zero-order valence-corrected chi connectivity index (χ0v) is 19.0. The average molecular weight is 442 g/mol. The van der Waals surface area contributed by atoms with Crippen LogP contribution in [0, 0.1) is 0 Å². The van der Waals surface area contributed by atoms with Crippen LogP contribution in [0.1, 0.15) is 46.7 Å². The van der Waals surface area contributed by atoms with Crippen molar-refractivity contribution in [1.82, 2.24) is 14.5 Å². The maximum atomic E-state index is 12.3. The van der Waals surface area contributed by atoms with Gasteiger partial charge in [0.2, 0.25) is 10.0 Å². The van der Waals surface area contributed by atoms with Crippen LogP contribution in [-0.2, 0) is 16.6 Å². The van der Waals surface area contributed by atoms with Crippen molar-refractivity contribution in [2.45, 2.75) is 43.8 Å². The molecule has 7 heteroatoms. The average Bonchev–Trinajstić information content (AvgIpc) is 3.54. The van der Waals surface area contributed by atoms with Gasteiger partial charge in [0.15, 0.2) is 0 Å². The van der Waals surface area contributed by atoms with Crippen LogP contribution in [0.2, 0.25) is 0 Å². The van der Waals surface area contributed by atoms with E-state index in [9.17, 15) is 13.2 Å². The predicted molar refractivity (Wildman–Crippen MR) is 122 cm³/mol. The summed E-state index contributed by atoms with van der Waals surface area (Å²) in [5, 5.41) is 3.85. The Balaban J connectivity index is 1.23. The highest BCUT2D eigenvalue weighted by molar-refractivity contribution is 7.88. The van der Waals surface area contributed by atoms with Crippen molar-refractivity contribution in [1.29, 1.82) is 0 Å². The third-order valence-electron chi connectivity index (χ3n) is 6.45. The van der Waals surface area contributed by atoms with E-state index in [0.717, 1.165) is 48.6 Å². The number of benzene rings is 2. The maximum Gasteiger partial charge on any atom is 0.267 e. The van der Waals surface area contributed by atoms with Crippen molar-refractivity contribution in [3.8, 4) is 0 Å². The molecule has 0 spiro atoms. The Hall–Kier alpha value is -2.22. The second kappa shape index (κ2) is 9.10. The maximum absolute atomic E-state index is 12.3. The quantitative estimate of drug-likeness (QED) is 0.716. The third-order valence-corrected chi connectivity index (χ3v) is 7.61. The number of carbonyl (C=O) groups is 1. The SMILES string of the molecule is CN(C(=O)c1ccc(CN2CCC(N[C@@H]3C[C@H]3c3ccccc3)CC2)cc1)S(C)(=O)=O. The monoisotopic (exact) mass is 441 g/mol. The topological polar surface area (TPSA) is 69.7 Å². The number of nitrogens with one attached hydrogen (secondary N) is 1. The zero-order valence-electron chi connectivity index (χ0n) is 18.2. The Morgan fingerprint density at radius 1 is 1.06 bits per heavy atom. The Bertz CT molecular complexity index is 1000. The Labute approximate surface area is 185 Å². The van der Waals surface area contributed by atoms with Gasteiger partial charge in [-0.25, -0.2) is 12.7 Å². The highest BCUT2D eigenvalue weighted by atomic mass is 32.2. The zero-order chi connectivity index (χ0) is 22.0. The van der Waals surface area contributed by atoms with Crippen molar-refractivity contribution < 1.29 is 13.2 Å². The molecule has 166 valence electrons. The standard InChI is InChI=1S/C24H31N3O3S/c1-26(31(2,29)30)24(28)20-10-8-18(9-11-20)17-27-14-12-21(13-15-27)25-23-16-22(23)19-6-4-3-5-7-19/h3-11,21-23,25H,12-17H2,1-2H3/t22-,23+/m0/s1. The minimum Gasteiger partial charge on any atom is -0.311 e. The van der Waals surface area contributed by atoms with Crippen LogP contribution in [-0.4, -0.2) is 62.0 Å².